The van der Waals surface area contributed by atoms with Gasteiger partial charge in [-0.1, -0.05) is 6.07 Å². The largest absolute Gasteiger partial charge is 0.419 e. The van der Waals surface area contributed by atoms with Crippen LogP contribution in [0.2, 0.25) is 0 Å². The average Bonchev–Trinajstić information content (AvgIpc) is 2.82. The predicted molar refractivity (Wildman–Crippen MR) is 66.2 cm³/mol. The quantitative estimate of drug-likeness (QED) is 0.764. The molecule has 5 heteroatoms. The number of fused-ring (bicyclic) bond motifs is 1. The van der Waals surface area contributed by atoms with E-state index in [1.54, 1.807) is 11.9 Å². The Morgan fingerprint density at radius 1 is 1.28 bits per heavy atom. The van der Waals surface area contributed by atoms with Crippen LogP contribution in [0.25, 0.3) is 11.1 Å². The van der Waals surface area contributed by atoms with Crippen molar-refractivity contribution < 1.29 is 9.21 Å². The maximum atomic E-state index is 11.5. The Morgan fingerprint density at radius 3 is 2.72 bits per heavy atom. The maximum Gasteiger partial charge on any atom is 0.419 e. The molecular formula is C13H14N2O3. The number of hydrogen-bond donors (Lipinski definition) is 0. The topological polar surface area (TPSA) is 55.5 Å². The molecule has 0 bridgehead atoms. The molecule has 3 rings (SSSR count). The summed E-state index contributed by atoms with van der Waals surface area (Å²) in [5, 5.41) is 0. The molecule has 1 atom stereocenters. The highest BCUT2D eigenvalue weighted by molar-refractivity contribution is 5.79. The van der Waals surface area contributed by atoms with Gasteiger partial charge in [0.05, 0.1) is 11.6 Å². The van der Waals surface area contributed by atoms with Crippen LogP contribution in [0, 0.1) is 0 Å². The number of benzene rings is 1. The van der Waals surface area contributed by atoms with Gasteiger partial charge in [0, 0.05) is 20.5 Å². The first-order valence-corrected chi connectivity index (χ1v) is 5.93. The van der Waals surface area contributed by atoms with Crippen molar-refractivity contribution >= 4 is 17.0 Å². The highest BCUT2D eigenvalue weighted by Gasteiger charge is 2.29. The van der Waals surface area contributed by atoms with E-state index in [1.165, 1.54) is 4.57 Å². The van der Waals surface area contributed by atoms with E-state index in [-0.39, 0.29) is 17.7 Å². The van der Waals surface area contributed by atoms with Gasteiger partial charge in [0.1, 0.15) is 0 Å². The number of aryl methyl sites for hydroxylation is 1. The Labute approximate surface area is 104 Å². The molecule has 1 fully saturated rings. The van der Waals surface area contributed by atoms with Gasteiger partial charge in [0.25, 0.3) is 0 Å². The molecule has 2 aromatic rings. The van der Waals surface area contributed by atoms with Crippen LogP contribution in [-0.2, 0) is 11.8 Å². The van der Waals surface area contributed by atoms with Gasteiger partial charge in [-0.25, -0.2) is 4.79 Å². The SMILES string of the molecule is CN1C(=O)CCC1c1ccc2c(c1)oc(=O)n2C. The molecule has 1 unspecified atom stereocenters. The van der Waals surface area contributed by atoms with Crippen molar-refractivity contribution in [3.05, 3.63) is 34.3 Å². The van der Waals surface area contributed by atoms with E-state index in [1.807, 2.05) is 25.2 Å². The zero-order valence-electron chi connectivity index (χ0n) is 10.3. The summed E-state index contributed by atoms with van der Waals surface area (Å²) in [6.45, 7) is 0. The van der Waals surface area contributed by atoms with E-state index in [9.17, 15) is 9.59 Å². The van der Waals surface area contributed by atoms with E-state index in [2.05, 4.69) is 0 Å². The van der Waals surface area contributed by atoms with Crippen molar-refractivity contribution in [1.29, 1.82) is 0 Å². The number of aromatic nitrogens is 1. The van der Waals surface area contributed by atoms with Crippen molar-refractivity contribution in [3.8, 4) is 0 Å². The number of likely N-dealkylation sites (tertiary alicyclic amines) is 1. The van der Waals surface area contributed by atoms with Crippen LogP contribution in [-0.4, -0.2) is 22.4 Å². The standard InChI is InChI=1S/C13H14N2O3/c1-14-9(5-6-12(14)16)8-3-4-10-11(7-8)18-13(17)15(10)2/h3-4,7,9H,5-6H2,1-2H3. The molecule has 0 aliphatic carbocycles. The Hall–Kier alpha value is -2.04. The second-order valence-electron chi connectivity index (χ2n) is 4.71. The summed E-state index contributed by atoms with van der Waals surface area (Å²) in [4.78, 5) is 24.7. The van der Waals surface area contributed by atoms with E-state index in [0.717, 1.165) is 17.5 Å². The smallest absolute Gasteiger partial charge is 0.408 e. The van der Waals surface area contributed by atoms with Crippen LogP contribution < -0.4 is 5.76 Å². The molecule has 0 saturated carbocycles. The molecule has 18 heavy (non-hydrogen) atoms. The van der Waals surface area contributed by atoms with Crippen LogP contribution >= 0.6 is 0 Å². The van der Waals surface area contributed by atoms with Crippen molar-refractivity contribution in [3.63, 3.8) is 0 Å². The maximum absolute atomic E-state index is 11.5. The number of carbonyl (C=O) groups is 1. The van der Waals surface area contributed by atoms with E-state index in [4.69, 9.17) is 4.42 Å². The summed E-state index contributed by atoms with van der Waals surface area (Å²) < 4.78 is 6.64. The van der Waals surface area contributed by atoms with Crippen LogP contribution in [0.3, 0.4) is 0 Å². The second-order valence-corrected chi connectivity index (χ2v) is 4.71. The Balaban J connectivity index is 2.09. The van der Waals surface area contributed by atoms with Crippen LogP contribution in [0.5, 0.6) is 0 Å². The molecule has 1 saturated heterocycles. The second kappa shape index (κ2) is 3.73. The third-order valence-electron chi connectivity index (χ3n) is 3.69. The van der Waals surface area contributed by atoms with Gasteiger partial charge in [-0.2, -0.15) is 0 Å². The van der Waals surface area contributed by atoms with Gasteiger partial charge < -0.3 is 9.32 Å². The monoisotopic (exact) mass is 246 g/mol. The van der Waals surface area contributed by atoms with Gasteiger partial charge in [-0.15, -0.1) is 0 Å². The first-order chi connectivity index (χ1) is 8.58. The van der Waals surface area contributed by atoms with Crippen molar-refractivity contribution in [2.24, 2.45) is 7.05 Å². The molecule has 0 spiro atoms. The average molecular weight is 246 g/mol. The molecule has 1 aromatic heterocycles. The molecule has 94 valence electrons. The van der Waals surface area contributed by atoms with Crippen LogP contribution in [0.1, 0.15) is 24.4 Å². The van der Waals surface area contributed by atoms with Gasteiger partial charge in [0.15, 0.2) is 5.58 Å². The lowest BCUT2D eigenvalue weighted by Gasteiger charge is -2.19. The first kappa shape index (κ1) is 11.1. The highest BCUT2D eigenvalue weighted by atomic mass is 16.4. The van der Waals surface area contributed by atoms with Gasteiger partial charge in [-0.3, -0.25) is 9.36 Å². The zero-order valence-corrected chi connectivity index (χ0v) is 10.3. The zero-order chi connectivity index (χ0) is 12.9. The van der Waals surface area contributed by atoms with E-state index < -0.39 is 0 Å². The number of amides is 1. The highest BCUT2D eigenvalue weighted by Crippen LogP contribution is 2.32. The van der Waals surface area contributed by atoms with E-state index in [0.29, 0.717) is 12.0 Å². The number of carbonyl (C=O) groups excluding carboxylic acids is 1. The predicted octanol–water partition coefficient (Wildman–Crippen LogP) is 1.42. The summed E-state index contributed by atoms with van der Waals surface area (Å²) in [6, 6.07) is 5.77. The molecule has 5 nitrogen and oxygen atoms in total. The molecule has 1 aliphatic rings. The number of oxazole rings is 1. The molecule has 0 N–H and O–H groups in total. The van der Waals surface area contributed by atoms with Crippen LogP contribution in [0.4, 0.5) is 0 Å². The fourth-order valence-electron chi connectivity index (χ4n) is 2.55. The summed E-state index contributed by atoms with van der Waals surface area (Å²) in [5.41, 5.74) is 2.37. The minimum absolute atomic E-state index is 0.0902. The first-order valence-electron chi connectivity index (χ1n) is 5.93. The summed E-state index contributed by atoms with van der Waals surface area (Å²) in [7, 11) is 3.49. The summed E-state index contributed by atoms with van der Waals surface area (Å²) in [6.07, 6.45) is 1.40. The third kappa shape index (κ3) is 1.47. The Morgan fingerprint density at radius 2 is 2.06 bits per heavy atom. The summed E-state index contributed by atoms with van der Waals surface area (Å²) >= 11 is 0. The minimum atomic E-state index is -0.363. The Kier molecular flexibility index (Phi) is 2.29. The lowest BCUT2D eigenvalue weighted by Crippen LogP contribution is -2.22. The fourth-order valence-corrected chi connectivity index (χ4v) is 2.55. The molecule has 1 amide bonds. The Bertz CT molecular complexity index is 683. The molecule has 0 radical (unpaired) electrons. The molecular weight excluding hydrogens is 232 g/mol. The number of rotatable bonds is 1. The third-order valence-corrected chi connectivity index (χ3v) is 3.69. The van der Waals surface area contributed by atoms with Gasteiger partial charge in [0.2, 0.25) is 5.91 Å². The molecule has 2 heterocycles. The molecule has 1 aromatic carbocycles. The summed E-state index contributed by atoms with van der Waals surface area (Å²) in [5.74, 6) is -0.201. The molecule has 1 aliphatic heterocycles. The van der Waals surface area contributed by atoms with Crippen molar-refractivity contribution in [1.82, 2.24) is 9.47 Å². The lowest BCUT2D eigenvalue weighted by molar-refractivity contribution is -0.127. The fraction of sp³-hybridized carbons (Fsp3) is 0.385. The number of nitrogens with zero attached hydrogens (tertiary/aromatic N) is 2. The van der Waals surface area contributed by atoms with Gasteiger partial charge in [-0.05, 0) is 24.1 Å². The normalized spacial score (nSPS) is 20.0. The van der Waals surface area contributed by atoms with Crippen molar-refractivity contribution in [2.75, 3.05) is 7.05 Å². The van der Waals surface area contributed by atoms with E-state index >= 15 is 0 Å². The lowest BCUT2D eigenvalue weighted by atomic mass is 10.0. The van der Waals surface area contributed by atoms with Crippen LogP contribution in [0.15, 0.2) is 27.4 Å². The van der Waals surface area contributed by atoms with Gasteiger partial charge >= 0.3 is 5.76 Å². The van der Waals surface area contributed by atoms with Crippen molar-refractivity contribution in [2.45, 2.75) is 18.9 Å². The number of hydrogen-bond acceptors (Lipinski definition) is 3. The minimum Gasteiger partial charge on any atom is -0.408 e.